The van der Waals surface area contributed by atoms with Crippen molar-refractivity contribution >= 4 is 39.3 Å². The van der Waals surface area contributed by atoms with Crippen LogP contribution in [-0.4, -0.2) is 19.2 Å². The van der Waals surface area contributed by atoms with Crippen LogP contribution in [0, 0.1) is 0 Å². The van der Waals surface area contributed by atoms with Crippen LogP contribution >= 0.6 is 27.5 Å². The molecule has 0 spiro atoms. The SMILES string of the molecule is COc1cc(Br)c(Cl)c2c1N(C(=O)OCc1ccccc1)C(CCc1ccccc1)CC2. The molecule has 1 atom stereocenters. The zero-order chi connectivity index (χ0) is 22.5. The molecule has 1 aliphatic heterocycles. The van der Waals surface area contributed by atoms with E-state index < -0.39 is 0 Å². The summed E-state index contributed by atoms with van der Waals surface area (Å²) in [7, 11) is 1.61. The van der Waals surface area contributed by atoms with E-state index in [9.17, 15) is 4.79 Å². The number of rotatable bonds is 6. The number of hydrogen-bond acceptors (Lipinski definition) is 3. The summed E-state index contributed by atoms with van der Waals surface area (Å²) in [5, 5.41) is 0.614. The Hall–Kier alpha value is -2.50. The molecular formula is C26H25BrClNO3. The van der Waals surface area contributed by atoms with Crippen molar-refractivity contribution in [3.05, 3.63) is 92.9 Å². The predicted octanol–water partition coefficient (Wildman–Crippen LogP) is 7.20. The van der Waals surface area contributed by atoms with E-state index in [4.69, 9.17) is 21.1 Å². The molecule has 0 aromatic heterocycles. The Kier molecular flexibility index (Phi) is 7.38. The summed E-state index contributed by atoms with van der Waals surface area (Å²) < 4.78 is 12.2. The van der Waals surface area contributed by atoms with E-state index in [2.05, 4.69) is 28.1 Å². The second kappa shape index (κ2) is 10.4. The van der Waals surface area contributed by atoms with E-state index in [0.717, 1.165) is 41.3 Å². The van der Waals surface area contributed by atoms with Crippen molar-refractivity contribution in [2.75, 3.05) is 12.0 Å². The zero-order valence-electron chi connectivity index (χ0n) is 17.9. The molecule has 0 N–H and O–H groups in total. The Morgan fingerprint density at radius 1 is 1.09 bits per heavy atom. The molecule has 0 saturated carbocycles. The van der Waals surface area contributed by atoms with Crippen molar-refractivity contribution in [1.82, 2.24) is 0 Å². The molecule has 0 saturated heterocycles. The summed E-state index contributed by atoms with van der Waals surface area (Å²) in [6.45, 7) is 0.212. The van der Waals surface area contributed by atoms with E-state index in [1.54, 1.807) is 12.0 Å². The van der Waals surface area contributed by atoms with Crippen molar-refractivity contribution in [2.45, 2.75) is 38.3 Å². The summed E-state index contributed by atoms with van der Waals surface area (Å²) >= 11 is 10.1. The van der Waals surface area contributed by atoms with Gasteiger partial charge in [0.15, 0.2) is 0 Å². The number of carbonyl (C=O) groups is 1. The first-order chi connectivity index (χ1) is 15.6. The van der Waals surface area contributed by atoms with Crippen molar-refractivity contribution < 1.29 is 14.3 Å². The van der Waals surface area contributed by atoms with E-state index in [0.29, 0.717) is 16.5 Å². The predicted molar refractivity (Wildman–Crippen MR) is 132 cm³/mol. The van der Waals surface area contributed by atoms with Gasteiger partial charge in [-0.05, 0) is 64.4 Å². The van der Waals surface area contributed by atoms with Gasteiger partial charge in [0, 0.05) is 10.5 Å². The van der Waals surface area contributed by atoms with Crippen molar-refractivity contribution in [3.8, 4) is 5.75 Å². The molecule has 3 aromatic carbocycles. The Balaban J connectivity index is 1.64. The topological polar surface area (TPSA) is 38.8 Å². The van der Waals surface area contributed by atoms with Gasteiger partial charge in [-0.2, -0.15) is 0 Å². The Morgan fingerprint density at radius 3 is 2.41 bits per heavy atom. The van der Waals surface area contributed by atoms with Gasteiger partial charge in [0.2, 0.25) is 0 Å². The number of nitrogens with zero attached hydrogens (tertiary/aromatic N) is 1. The number of hydrogen-bond donors (Lipinski definition) is 0. The van der Waals surface area contributed by atoms with Gasteiger partial charge in [0.05, 0.1) is 17.8 Å². The molecule has 0 aliphatic carbocycles. The first-order valence-corrected chi connectivity index (χ1v) is 11.8. The van der Waals surface area contributed by atoms with Crippen LogP contribution in [0.25, 0.3) is 0 Å². The molecule has 32 heavy (non-hydrogen) atoms. The monoisotopic (exact) mass is 513 g/mol. The smallest absolute Gasteiger partial charge is 0.415 e. The molecule has 4 rings (SSSR count). The average molecular weight is 515 g/mol. The van der Waals surface area contributed by atoms with Crippen LogP contribution in [0.5, 0.6) is 5.75 Å². The quantitative estimate of drug-likeness (QED) is 0.349. The van der Waals surface area contributed by atoms with Crippen LogP contribution < -0.4 is 9.64 Å². The highest BCUT2D eigenvalue weighted by molar-refractivity contribution is 9.10. The minimum absolute atomic E-state index is 0.0166. The van der Waals surface area contributed by atoms with Gasteiger partial charge in [-0.3, -0.25) is 4.90 Å². The second-order valence-electron chi connectivity index (χ2n) is 7.83. The van der Waals surface area contributed by atoms with Crippen molar-refractivity contribution in [3.63, 3.8) is 0 Å². The third kappa shape index (κ3) is 4.94. The number of carbonyl (C=O) groups excluding carboxylic acids is 1. The zero-order valence-corrected chi connectivity index (χ0v) is 20.2. The number of aryl methyl sites for hydroxylation is 1. The van der Waals surface area contributed by atoms with Gasteiger partial charge in [-0.1, -0.05) is 72.3 Å². The Bertz CT molecular complexity index is 1080. The van der Waals surface area contributed by atoms with Crippen LogP contribution in [0.3, 0.4) is 0 Å². The molecule has 1 unspecified atom stereocenters. The highest BCUT2D eigenvalue weighted by Gasteiger charge is 2.36. The summed E-state index contributed by atoms with van der Waals surface area (Å²) in [5.74, 6) is 0.609. The van der Waals surface area contributed by atoms with Crippen LogP contribution in [0.4, 0.5) is 10.5 Å². The molecule has 166 valence electrons. The molecule has 0 fully saturated rings. The van der Waals surface area contributed by atoms with Crippen molar-refractivity contribution in [1.29, 1.82) is 0 Å². The number of anilines is 1. The molecule has 0 radical (unpaired) electrons. The lowest BCUT2D eigenvalue weighted by Gasteiger charge is -2.38. The van der Waals surface area contributed by atoms with E-state index in [-0.39, 0.29) is 18.7 Å². The number of halogens is 2. The van der Waals surface area contributed by atoms with Crippen LogP contribution in [0.2, 0.25) is 5.02 Å². The average Bonchev–Trinajstić information content (AvgIpc) is 2.84. The third-order valence-electron chi connectivity index (χ3n) is 5.82. The standard InChI is InChI=1S/C26H25BrClNO3/c1-31-23-16-22(27)24(28)21-15-14-20(13-12-18-8-4-2-5-9-18)29(25(21)23)26(30)32-17-19-10-6-3-7-11-19/h2-11,16,20H,12-15,17H2,1H3. The van der Waals surface area contributed by atoms with Gasteiger partial charge in [-0.15, -0.1) is 0 Å². The maximum atomic E-state index is 13.4. The first-order valence-electron chi connectivity index (χ1n) is 10.7. The minimum atomic E-state index is -0.385. The van der Waals surface area contributed by atoms with Gasteiger partial charge in [0.25, 0.3) is 0 Å². The van der Waals surface area contributed by atoms with E-state index in [1.165, 1.54) is 5.56 Å². The summed E-state index contributed by atoms with van der Waals surface area (Å²) in [4.78, 5) is 15.2. The minimum Gasteiger partial charge on any atom is -0.495 e. The maximum absolute atomic E-state index is 13.4. The largest absolute Gasteiger partial charge is 0.495 e. The van der Waals surface area contributed by atoms with E-state index in [1.807, 2.05) is 54.6 Å². The lowest BCUT2D eigenvalue weighted by atomic mass is 9.91. The summed E-state index contributed by atoms with van der Waals surface area (Å²) in [5.41, 5.74) is 3.81. The van der Waals surface area contributed by atoms with Crippen LogP contribution in [0.15, 0.2) is 71.2 Å². The van der Waals surface area contributed by atoms with Gasteiger partial charge in [0.1, 0.15) is 12.4 Å². The number of ether oxygens (including phenoxy) is 2. The summed E-state index contributed by atoms with van der Waals surface area (Å²) in [6, 6.07) is 21.8. The van der Waals surface area contributed by atoms with Crippen LogP contribution in [0.1, 0.15) is 29.5 Å². The molecule has 1 heterocycles. The van der Waals surface area contributed by atoms with Gasteiger partial charge < -0.3 is 9.47 Å². The lowest BCUT2D eigenvalue weighted by Crippen LogP contribution is -2.44. The Labute approximate surface area is 202 Å². The van der Waals surface area contributed by atoms with Gasteiger partial charge in [-0.25, -0.2) is 4.79 Å². The summed E-state index contributed by atoms with van der Waals surface area (Å²) in [6.07, 6.45) is 2.88. The highest BCUT2D eigenvalue weighted by atomic mass is 79.9. The molecule has 0 bridgehead atoms. The molecule has 3 aromatic rings. The number of fused-ring (bicyclic) bond motifs is 1. The third-order valence-corrected chi connectivity index (χ3v) is 7.10. The first kappa shape index (κ1) is 22.7. The van der Waals surface area contributed by atoms with E-state index >= 15 is 0 Å². The molecule has 1 amide bonds. The fraction of sp³-hybridized carbons (Fsp3) is 0.269. The highest BCUT2D eigenvalue weighted by Crippen LogP contribution is 2.46. The number of methoxy groups -OCH3 is 1. The van der Waals surface area contributed by atoms with Crippen molar-refractivity contribution in [2.24, 2.45) is 0 Å². The fourth-order valence-electron chi connectivity index (χ4n) is 4.19. The molecular weight excluding hydrogens is 490 g/mol. The normalized spacial score (nSPS) is 15.2. The number of amides is 1. The van der Waals surface area contributed by atoms with Crippen LogP contribution in [-0.2, 0) is 24.2 Å². The fourth-order valence-corrected chi connectivity index (χ4v) is 4.88. The van der Waals surface area contributed by atoms with Gasteiger partial charge >= 0.3 is 6.09 Å². The Morgan fingerprint density at radius 2 is 1.75 bits per heavy atom. The second-order valence-corrected chi connectivity index (χ2v) is 9.06. The number of benzene rings is 3. The molecule has 6 heteroatoms. The molecule has 1 aliphatic rings. The maximum Gasteiger partial charge on any atom is 0.415 e. The molecule has 4 nitrogen and oxygen atoms in total. The lowest BCUT2D eigenvalue weighted by molar-refractivity contribution is 0.143.